The zero-order valence-electron chi connectivity index (χ0n) is 11.8. The van der Waals surface area contributed by atoms with Crippen molar-refractivity contribution in [1.82, 2.24) is 15.3 Å². The van der Waals surface area contributed by atoms with Gasteiger partial charge in [-0.15, -0.1) is 0 Å². The molecule has 19 heavy (non-hydrogen) atoms. The van der Waals surface area contributed by atoms with Gasteiger partial charge in [0, 0.05) is 18.4 Å². The van der Waals surface area contributed by atoms with Crippen LogP contribution in [0.25, 0.3) is 11.4 Å². The Morgan fingerprint density at radius 1 is 1.37 bits per heavy atom. The average Bonchev–Trinajstić information content (AvgIpc) is 2.87. The lowest BCUT2D eigenvalue weighted by molar-refractivity contribution is 0.416. The summed E-state index contributed by atoms with van der Waals surface area (Å²) < 4.78 is 5.41. The average molecular weight is 259 g/mol. The summed E-state index contributed by atoms with van der Waals surface area (Å²) in [5.41, 5.74) is 3.26. The Morgan fingerprint density at radius 2 is 2.21 bits per heavy atom. The van der Waals surface area contributed by atoms with Gasteiger partial charge in [-0.3, -0.25) is 0 Å². The summed E-state index contributed by atoms with van der Waals surface area (Å²) in [5.74, 6) is 1.70. The minimum absolute atomic E-state index is 0.815. The summed E-state index contributed by atoms with van der Waals surface area (Å²) in [6.07, 6.45) is 3.00. The number of ether oxygens (including phenoxy) is 1. The first kappa shape index (κ1) is 13.6. The Kier molecular flexibility index (Phi) is 4.58. The van der Waals surface area contributed by atoms with E-state index in [0.717, 1.165) is 42.3 Å². The van der Waals surface area contributed by atoms with Gasteiger partial charge in [-0.1, -0.05) is 13.0 Å². The summed E-state index contributed by atoms with van der Waals surface area (Å²) >= 11 is 0. The third-order valence-electron chi connectivity index (χ3n) is 2.98. The molecule has 2 aromatic rings. The fourth-order valence-electron chi connectivity index (χ4n) is 1.98. The van der Waals surface area contributed by atoms with Crippen molar-refractivity contribution in [3.05, 3.63) is 35.7 Å². The van der Waals surface area contributed by atoms with Gasteiger partial charge in [0.25, 0.3) is 0 Å². The lowest BCUT2D eigenvalue weighted by atomic mass is 10.1. The summed E-state index contributed by atoms with van der Waals surface area (Å²) in [6.45, 7) is 6.04. The Hall–Kier alpha value is -1.81. The molecule has 0 unspecified atom stereocenters. The Balaban J connectivity index is 2.18. The normalized spacial score (nSPS) is 10.7. The maximum atomic E-state index is 5.41. The van der Waals surface area contributed by atoms with E-state index >= 15 is 0 Å². The highest BCUT2D eigenvalue weighted by molar-refractivity contribution is 5.65. The highest BCUT2D eigenvalue weighted by atomic mass is 16.5. The van der Waals surface area contributed by atoms with Gasteiger partial charge in [0.1, 0.15) is 11.6 Å². The molecule has 4 nitrogen and oxygen atoms in total. The van der Waals surface area contributed by atoms with Crippen LogP contribution in [0.4, 0.5) is 0 Å². The maximum Gasteiger partial charge on any atom is 0.141 e. The van der Waals surface area contributed by atoms with E-state index in [2.05, 4.69) is 35.2 Å². The molecule has 0 spiro atoms. The number of benzene rings is 1. The number of nitrogens with one attached hydrogen (secondary N) is 2. The van der Waals surface area contributed by atoms with Gasteiger partial charge in [-0.25, -0.2) is 4.98 Å². The van der Waals surface area contributed by atoms with E-state index in [4.69, 9.17) is 4.74 Å². The van der Waals surface area contributed by atoms with Gasteiger partial charge in [0.2, 0.25) is 0 Å². The van der Waals surface area contributed by atoms with Crippen LogP contribution in [0.2, 0.25) is 0 Å². The van der Waals surface area contributed by atoms with Crippen LogP contribution in [0.1, 0.15) is 24.6 Å². The lowest BCUT2D eigenvalue weighted by Gasteiger charge is -2.07. The van der Waals surface area contributed by atoms with Gasteiger partial charge in [-0.2, -0.15) is 0 Å². The van der Waals surface area contributed by atoms with Crippen LogP contribution < -0.4 is 10.1 Å². The number of H-pyrrole nitrogens is 1. The van der Waals surface area contributed by atoms with E-state index in [1.54, 1.807) is 7.11 Å². The van der Waals surface area contributed by atoms with Crippen LogP contribution in [-0.4, -0.2) is 23.6 Å². The van der Waals surface area contributed by atoms with Crippen LogP contribution in [0.5, 0.6) is 5.75 Å². The molecule has 0 fully saturated rings. The minimum atomic E-state index is 0.815. The molecule has 1 heterocycles. The molecule has 0 radical (unpaired) electrons. The Labute approximate surface area is 114 Å². The van der Waals surface area contributed by atoms with Crippen molar-refractivity contribution < 1.29 is 4.74 Å². The third kappa shape index (κ3) is 3.35. The molecule has 0 aliphatic carbocycles. The first-order valence-electron chi connectivity index (χ1n) is 6.64. The lowest BCUT2D eigenvalue weighted by Crippen LogP contribution is -2.13. The molecule has 0 aliphatic heterocycles. The van der Waals surface area contributed by atoms with E-state index in [1.807, 2.05) is 18.3 Å². The summed E-state index contributed by atoms with van der Waals surface area (Å²) in [7, 11) is 1.69. The molecule has 0 saturated carbocycles. The van der Waals surface area contributed by atoms with Crippen LogP contribution in [0.3, 0.4) is 0 Å². The molecule has 102 valence electrons. The number of imidazole rings is 1. The van der Waals surface area contributed by atoms with Crippen LogP contribution >= 0.6 is 0 Å². The molecule has 1 aromatic heterocycles. The van der Waals surface area contributed by atoms with Gasteiger partial charge < -0.3 is 15.0 Å². The van der Waals surface area contributed by atoms with Gasteiger partial charge in [-0.05, 0) is 37.6 Å². The first-order valence-corrected chi connectivity index (χ1v) is 6.64. The van der Waals surface area contributed by atoms with Crippen molar-refractivity contribution in [2.24, 2.45) is 0 Å². The summed E-state index contributed by atoms with van der Waals surface area (Å²) in [6, 6.07) is 6.12. The summed E-state index contributed by atoms with van der Waals surface area (Å²) in [5, 5.41) is 3.35. The fourth-order valence-corrected chi connectivity index (χ4v) is 1.98. The van der Waals surface area contributed by atoms with Crippen molar-refractivity contribution in [3.63, 3.8) is 0 Å². The van der Waals surface area contributed by atoms with Gasteiger partial charge in [0.05, 0.1) is 12.7 Å². The molecule has 0 bridgehead atoms. The molecule has 1 aromatic carbocycles. The Bertz CT molecular complexity index is 534. The molecular formula is C15H21N3O. The van der Waals surface area contributed by atoms with E-state index in [1.165, 1.54) is 5.56 Å². The number of aryl methyl sites for hydroxylation is 1. The van der Waals surface area contributed by atoms with Gasteiger partial charge in [0.15, 0.2) is 0 Å². The second-order valence-electron chi connectivity index (χ2n) is 4.64. The van der Waals surface area contributed by atoms with Crippen molar-refractivity contribution >= 4 is 0 Å². The third-order valence-corrected chi connectivity index (χ3v) is 2.98. The molecule has 0 saturated heterocycles. The number of nitrogens with zero attached hydrogens (tertiary/aromatic N) is 1. The number of hydrogen-bond donors (Lipinski definition) is 2. The Morgan fingerprint density at radius 3 is 2.95 bits per heavy atom. The highest BCUT2D eigenvalue weighted by Gasteiger charge is 2.09. The predicted molar refractivity (Wildman–Crippen MR) is 77.3 cm³/mol. The van der Waals surface area contributed by atoms with E-state index in [9.17, 15) is 0 Å². The number of aromatic amines is 1. The molecule has 0 amide bonds. The molecule has 4 heteroatoms. The number of rotatable bonds is 6. The van der Waals surface area contributed by atoms with Crippen molar-refractivity contribution in [2.75, 3.05) is 13.7 Å². The topological polar surface area (TPSA) is 49.9 Å². The highest BCUT2D eigenvalue weighted by Crippen LogP contribution is 2.28. The number of aromatic nitrogens is 2. The second-order valence-corrected chi connectivity index (χ2v) is 4.64. The van der Waals surface area contributed by atoms with Crippen LogP contribution in [0, 0.1) is 6.92 Å². The quantitative estimate of drug-likeness (QED) is 0.784. The second kappa shape index (κ2) is 6.38. The van der Waals surface area contributed by atoms with Crippen LogP contribution in [-0.2, 0) is 6.54 Å². The largest absolute Gasteiger partial charge is 0.496 e. The molecule has 2 N–H and O–H groups in total. The predicted octanol–water partition coefficient (Wildman–Crippen LogP) is 2.89. The molecule has 0 aliphatic rings. The monoisotopic (exact) mass is 259 g/mol. The summed E-state index contributed by atoms with van der Waals surface area (Å²) in [4.78, 5) is 7.76. The van der Waals surface area contributed by atoms with Crippen molar-refractivity contribution in [2.45, 2.75) is 26.8 Å². The molecule has 2 rings (SSSR count). The van der Waals surface area contributed by atoms with E-state index in [0.29, 0.717) is 0 Å². The standard InChI is InChI=1S/C15H21N3O/c1-4-7-16-9-12-10-17-15(18-12)13-6-5-11(2)8-14(13)19-3/h5-6,8,10,16H,4,7,9H2,1-3H3,(H,17,18). The smallest absolute Gasteiger partial charge is 0.141 e. The van der Waals surface area contributed by atoms with Crippen molar-refractivity contribution in [1.29, 1.82) is 0 Å². The van der Waals surface area contributed by atoms with E-state index < -0.39 is 0 Å². The molecule has 0 atom stereocenters. The van der Waals surface area contributed by atoms with Gasteiger partial charge >= 0.3 is 0 Å². The number of methoxy groups -OCH3 is 1. The van der Waals surface area contributed by atoms with Crippen LogP contribution in [0.15, 0.2) is 24.4 Å². The zero-order chi connectivity index (χ0) is 13.7. The maximum absolute atomic E-state index is 5.41. The number of hydrogen-bond acceptors (Lipinski definition) is 3. The zero-order valence-corrected chi connectivity index (χ0v) is 11.8. The van der Waals surface area contributed by atoms with E-state index in [-0.39, 0.29) is 0 Å². The first-order chi connectivity index (χ1) is 9.24. The molecular weight excluding hydrogens is 238 g/mol. The fraction of sp³-hybridized carbons (Fsp3) is 0.400. The van der Waals surface area contributed by atoms with Crippen molar-refractivity contribution in [3.8, 4) is 17.1 Å². The minimum Gasteiger partial charge on any atom is -0.496 e. The SMILES string of the molecule is CCCNCc1cnc(-c2ccc(C)cc2OC)[nH]1.